The highest BCUT2D eigenvalue weighted by atomic mass is 16.5. The largest absolute Gasteiger partial charge is 0.387 e. The van der Waals surface area contributed by atoms with Gasteiger partial charge in [0.25, 0.3) is 0 Å². The summed E-state index contributed by atoms with van der Waals surface area (Å²) in [5.74, 6) is 0. The summed E-state index contributed by atoms with van der Waals surface area (Å²) in [6.07, 6.45) is 5.19. The fraction of sp³-hybridized carbons (Fsp3) is 0.667. The molecule has 0 amide bonds. The number of likely N-dealkylation sites (tertiary alicyclic amines) is 1. The van der Waals surface area contributed by atoms with Crippen molar-refractivity contribution in [1.29, 1.82) is 0 Å². The summed E-state index contributed by atoms with van der Waals surface area (Å²) in [6, 6.07) is 8.60. The normalized spacial score (nSPS) is 34.2. The summed E-state index contributed by atoms with van der Waals surface area (Å²) in [6.45, 7) is 4.19. The van der Waals surface area contributed by atoms with Crippen LogP contribution in [0.3, 0.4) is 0 Å². The molecule has 0 aromatic heterocycles. The van der Waals surface area contributed by atoms with Crippen LogP contribution in [0.15, 0.2) is 24.3 Å². The van der Waals surface area contributed by atoms with Gasteiger partial charge in [-0.25, -0.2) is 0 Å². The maximum Gasteiger partial charge on any atom is 0.0947 e. The molecule has 3 atom stereocenters. The molecule has 2 aliphatic rings. The number of piperidine rings is 1. The highest BCUT2D eigenvalue weighted by molar-refractivity contribution is 5.31. The molecule has 1 fully saturated rings. The highest BCUT2D eigenvalue weighted by Gasteiger charge is 2.37. The van der Waals surface area contributed by atoms with Gasteiger partial charge in [-0.1, -0.05) is 24.3 Å². The number of hydrogen-bond donors (Lipinski definition) is 1. The Morgan fingerprint density at radius 3 is 2.90 bits per heavy atom. The summed E-state index contributed by atoms with van der Waals surface area (Å²) >= 11 is 0. The molecule has 3 unspecified atom stereocenters. The second kappa shape index (κ2) is 6.07. The van der Waals surface area contributed by atoms with Gasteiger partial charge in [-0.3, -0.25) is 4.90 Å². The molecule has 1 saturated heterocycles. The van der Waals surface area contributed by atoms with Gasteiger partial charge < -0.3 is 9.84 Å². The Morgan fingerprint density at radius 2 is 2.10 bits per heavy atom. The SMILES string of the molecule is COC1(C)CCCN(C2CCCc3ccccc3C2O)C1. The average Bonchev–Trinajstić information content (AvgIpc) is 2.67. The van der Waals surface area contributed by atoms with Crippen LogP contribution in [0.2, 0.25) is 0 Å². The Hall–Kier alpha value is -0.900. The lowest BCUT2D eigenvalue weighted by Gasteiger charge is -2.44. The van der Waals surface area contributed by atoms with Gasteiger partial charge in [-0.2, -0.15) is 0 Å². The standard InChI is InChI=1S/C18H27NO2/c1-18(21-2)11-6-12-19(13-18)16-10-5-8-14-7-3-4-9-15(14)17(16)20/h3-4,7,9,16-17,20H,5-6,8,10-13H2,1-2H3. The molecule has 116 valence electrons. The Balaban J connectivity index is 1.82. The fourth-order valence-electron chi connectivity index (χ4n) is 3.99. The second-order valence-electron chi connectivity index (χ2n) is 6.83. The van der Waals surface area contributed by atoms with Crippen molar-refractivity contribution in [2.45, 2.75) is 56.8 Å². The second-order valence-corrected chi connectivity index (χ2v) is 6.83. The van der Waals surface area contributed by atoms with Gasteiger partial charge in [0, 0.05) is 19.7 Å². The number of aryl methyl sites for hydroxylation is 1. The van der Waals surface area contributed by atoms with Crippen molar-refractivity contribution in [2.75, 3.05) is 20.2 Å². The fourth-order valence-corrected chi connectivity index (χ4v) is 3.99. The number of aliphatic hydroxyl groups excluding tert-OH is 1. The number of benzene rings is 1. The van der Waals surface area contributed by atoms with Gasteiger partial charge in [0.15, 0.2) is 0 Å². The van der Waals surface area contributed by atoms with Crippen molar-refractivity contribution >= 4 is 0 Å². The summed E-state index contributed by atoms with van der Waals surface area (Å²) in [4.78, 5) is 2.46. The summed E-state index contributed by atoms with van der Waals surface area (Å²) < 4.78 is 5.71. The van der Waals surface area contributed by atoms with Crippen molar-refractivity contribution in [3.8, 4) is 0 Å². The lowest BCUT2D eigenvalue weighted by atomic mass is 9.90. The molecule has 1 aliphatic carbocycles. The lowest BCUT2D eigenvalue weighted by molar-refractivity contribution is -0.0779. The number of methoxy groups -OCH3 is 1. The van der Waals surface area contributed by atoms with E-state index in [0.29, 0.717) is 0 Å². The van der Waals surface area contributed by atoms with E-state index in [2.05, 4.69) is 30.0 Å². The first-order valence-corrected chi connectivity index (χ1v) is 8.18. The molecule has 1 N–H and O–H groups in total. The van der Waals surface area contributed by atoms with Gasteiger partial charge in [-0.05, 0) is 56.7 Å². The first kappa shape index (κ1) is 15.0. The molecule has 0 radical (unpaired) electrons. The molecule has 3 nitrogen and oxygen atoms in total. The molecular weight excluding hydrogens is 262 g/mol. The van der Waals surface area contributed by atoms with Crippen molar-refractivity contribution in [3.63, 3.8) is 0 Å². The molecule has 21 heavy (non-hydrogen) atoms. The first-order valence-electron chi connectivity index (χ1n) is 8.18. The topological polar surface area (TPSA) is 32.7 Å². The van der Waals surface area contributed by atoms with Crippen molar-refractivity contribution in [2.24, 2.45) is 0 Å². The highest BCUT2D eigenvalue weighted by Crippen LogP contribution is 2.35. The minimum atomic E-state index is -0.372. The van der Waals surface area contributed by atoms with E-state index in [1.54, 1.807) is 0 Å². The third-order valence-corrected chi connectivity index (χ3v) is 5.33. The predicted octanol–water partition coefficient (Wildman–Crippen LogP) is 2.93. The van der Waals surface area contributed by atoms with E-state index in [-0.39, 0.29) is 17.7 Å². The van der Waals surface area contributed by atoms with E-state index in [0.717, 1.165) is 50.8 Å². The molecule has 0 bridgehead atoms. The summed E-state index contributed by atoms with van der Waals surface area (Å²) in [7, 11) is 1.81. The van der Waals surface area contributed by atoms with E-state index in [1.165, 1.54) is 5.56 Å². The van der Waals surface area contributed by atoms with Crippen LogP contribution < -0.4 is 0 Å². The predicted molar refractivity (Wildman–Crippen MR) is 84.3 cm³/mol. The van der Waals surface area contributed by atoms with Crippen LogP contribution in [0, 0.1) is 0 Å². The Labute approximate surface area is 127 Å². The smallest absolute Gasteiger partial charge is 0.0947 e. The molecule has 1 aromatic rings. The van der Waals surface area contributed by atoms with Crippen LogP contribution in [-0.2, 0) is 11.2 Å². The molecule has 1 heterocycles. The minimum absolute atomic E-state index is 0.0657. The number of ether oxygens (including phenoxy) is 1. The Bertz CT molecular complexity index is 490. The zero-order valence-corrected chi connectivity index (χ0v) is 13.2. The minimum Gasteiger partial charge on any atom is -0.387 e. The van der Waals surface area contributed by atoms with E-state index in [9.17, 15) is 5.11 Å². The third-order valence-electron chi connectivity index (χ3n) is 5.33. The molecule has 0 saturated carbocycles. The molecule has 1 aliphatic heterocycles. The maximum absolute atomic E-state index is 10.9. The van der Waals surface area contributed by atoms with Gasteiger partial charge in [-0.15, -0.1) is 0 Å². The van der Waals surface area contributed by atoms with Crippen molar-refractivity contribution in [1.82, 2.24) is 4.90 Å². The molecule has 0 spiro atoms. The van der Waals surface area contributed by atoms with E-state index < -0.39 is 0 Å². The molecule has 1 aromatic carbocycles. The van der Waals surface area contributed by atoms with Gasteiger partial charge in [0.1, 0.15) is 0 Å². The monoisotopic (exact) mass is 289 g/mol. The zero-order valence-electron chi connectivity index (χ0n) is 13.2. The Morgan fingerprint density at radius 1 is 1.29 bits per heavy atom. The van der Waals surface area contributed by atoms with Gasteiger partial charge in [0.05, 0.1) is 11.7 Å². The van der Waals surface area contributed by atoms with Crippen molar-refractivity contribution in [3.05, 3.63) is 35.4 Å². The van der Waals surface area contributed by atoms with E-state index in [4.69, 9.17) is 4.74 Å². The maximum atomic E-state index is 10.9. The third kappa shape index (κ3) is 3.01. The van der Waals surface area contributed by atoms with E-state index in [1.807, 2.05) is 13.2 Å². The van der Waals surface area contributed by atoms with Crippen molar-refractivity contribution < 1.29 is 9.84 Å². The van der Waals surface area contributed by atoms with Gasteiger partial charge in [0.2, 0.25) is 0 Å². The van der Waals surface area contributed by atoms with Crippen LogP contribution >= 0.6 is 0 Å². The first-order chi connectivity index (χ1) is 10.1. The summed E-state index contributed by atoms with van der Waals surface area (Å²) in [5.41, 5.74) is 2.38. The summed E-state index contributed by atoms with van der Waals surface area (Å²) in [5, 5.41) is 10.9. The number of rotatable bonds is 2. The van der Waals surface area contributed by atoms with E-state index >= 15 is 0 Å². The Kier molecular flexibility index (Phi) is 4.34. The van der Waals surface area contributed by atoms with Crippen LogP contribution in [0.4, 0.5) is 0 Å². The molecular formula is C18H27NO2. The van der Waals surface area contributed by atoms with Crippen LogP contribution in [0.25, 0.3) is 0 Å². The van der Waals surface area contributed by atoms with Crippen LogP contribution in [-0.4, -0.2) is 41.8 Å². The molecule has 3 rings (SSSR count). The number of fused-ring (bicyclic) bond motifs is 1. The van der Waals surface area contributed by atoms with Crippen LogP contribution in [0.1, 0.15) is 49.8 Å². The van der Waals surface area contributed by atoms with Crippen LogP contribution in [0.5, 0.6) is 0 Å². The zero-order chi connectivity index (χ0) is 14.9. The number of aliphatic hydroxyl groups is 1. The number of nitrogens with zero attached hydrogens (tertiary/aromatic N) is 1. The number of hydrogen-bond acceptors (Lipinski definition) is 3. The lowest BCUT2D eigenvalue weighted by Crippen LogP contribution is -2.52. The van der Waals surface area contributed by atoms with Gasteiger partial charge >= 0.3 is 0 Å². The molecule has 3 heteroatoms. The average molecular weight is 289 g/mol. The quantitative estimate of drug-likeness (QED) is 0.850.